The van der Waals surface area contributed by atoms with E-state index in [0.717, 1.165) is 22.3 Å². The van der Waals surface area contributed by atoms with E-state index in [1.165, 1.54) is 4.90 Å². The summed E-state index contributed by atoms with van der Waals surface area (Å²) < 4.78 is 5.46. The Hall–Kier alpha value is -3.88. The third-order valence-corrected chi connectivity index (χ3v) is 5.74. The lowest BCUT2D eigenvalue weighted by molar-refractivity contribution is -0.137. The summed E-state index contributed by atoms with van der Waals surface area (Å²) >= 11 is 0. The van der Waals surface area contributed by atoms with Gasteiger partial charge >= 0.3 is 12.1 Å². The van der Waals surface area contributed by atoms with Gasteiger partial charge in [-0.25, -0.2) is 4.79 Å². The second-order valence-electron chi connectivity index (χ2n) is 8.28. The quantitative estimate of drug-likeness (QED) is 0.493. The Morgan fingerprint density at radius 1 is 0.971 bits per heavy atom. The number of nitrogens with zero attached hydrogens (tertiary/aromatic N) is 1. The first-order valence-electron chi connectivity index (χ1n) is 11.1. The number of ether oxygens (including phenoxy) is 1. The molecule has 180 valence electrons. The maximum atomic E-state index is 12.5. The predicted molar refractivity (Wildman–Crippen MR) is 125 cm³/mol. The second-order valence-corrected chi connectivity index (χ2v) is 8.28. The molecule has 0 aromatic heterocycles. The number of benzene rings is 2. The molecule has 1 unspecified atom stereocenters. The van der Waals surface area contributed by atoms with E-state index in [-0.39, 0.29) is 44.2 Å². The Morgan fingerprint density at radius 3 is 2.12 bits per heavy atom. The zero-order valence-electron chi connectivity index (χ0n) is 19.2. The van der Waals surface area contributed by atoms with Gasteiger partial charge in [0.1, 0.15) is 12.6 Å². The van der Waals surface area contributed by atoms with Crippen molar-refractivity contribution in [3.05, 3.63) is 59.7 Å². The lowest BCUT2D eigenvalue weighted by Crippen LogP contribution is -2.48. The van der Waals surface area contributed by atoms with E-state index in [9.17, 15) is 19.2 Å². The minimum absolute atomic E-state index is 0.0739. The van der Waals surface area contributed by atoms with Crippen molar-refractivity contribution in [1.82, 2.24) is 15.5 Å². The Bertz CT molecular complexity index is 1020. The van der Waals surface area contributed by atoms with E-state index in [0.29, 0.717) is 0 Å². The van der Waals surface area contributed by atoms with Gasteiger partial charge in [-0.15, -0.1) is 0 Å². The topological polar surface area (TPSA) is 125 Å². The monoisotopic (exact) mass is 467 g/mol. The van der Waals surface area contributed by atoms with E-state index >= 15 is 0 Å². The number of nitrogens with one attached hydrogen (secondary N) is 2. The van der Waals surface area contributed by atoms with Crippen LogP contribution in [0.25, 0.3) is 11.1 Å². The van der Waals surface area contributed by atoms with Crippen molar-refractivity contribution in [1.29, 1.82) is 0 Å². The van der Waals surface area contributed by atoms with Crippen LogP contribution in [0.4, 0.5) is 4.79 Å². The first-order valence-corrected chi connectivity index (χ1v) is 11.1. The van der Waals surface area contributed by atoms with E-state index < -0.39 is 24.0 Å². The van der Waals surface area contributed by atoms with Gasteiger partial charge in [-0.2, -0.15) is 0 Å². The number of alkyl carbamates (subject to hydrolysis) is 1. The van der Waals surface area contributed by atoms with Crippen molar-refractivity contribution in [3.63, 3.8) is 0 Å². The average Bonchev–Trinajstić information content (AvgIpc) is 3.13. The minimum atomic E-state index is -1.10. The molecule has 1 aliphatic rings. The summed E-state index contributed by atoms with van der Waals surface area (Å²) in [7, 11) is 3.22. The maximum absolute atomic E-state index is 12.5. The van der Waals surface area contributed by atoms with Gasteiger partial charge in [-0.05, 0) is 28.7 Å². The highest BCUT2D eigenvalue weighted by atomic mass is 16.5. The fraction of sp³-hybridized carbons (Fsp3) is 0.360. The molecule has 0 saturated carbocycles. The van der Waals surface area contributed by atoms with Gasteiger partial charge < -0.3 is 25.4 Å². The zero-order valence-corrected chi connectivity index (χ0v) is 19.2. The highest BCUT2D eigenvalue weighted by Gasteiger charge is 2.30. The summed E-state index contributed by atoms with van der Waals surface area (Å²) in [4.78, 5) is 49.1. The molecule has 34 heavy (non-hydrogen) atoms. The van der Waals surface area contributed by atoms with E-state index in [1.807, 2.05) is 48.5 Å². The molecule has 0 saturated heterocycles. The van der Waals surface area contributed by atoms with Crippen LogP contribution in [0.1, 0.15) is 36.3 Å². The number of carboxylic acids is 1. The molecule has 3 amide bonds. The van der Waals surface area contributed by atoms with Crippen molar-refractivity contribution < 1.29 is 29.0 Å². The molecule has 1 atom stereocenters. The predicted octanol–water partition coefficient (Wildman–Crippen LogP) is 2.35. The molecule has 2 aromatic rings. The molecule has 0 bridgehead atoms. The molecule has 0 spiro atoms. The van der Waals surface area contributed by atoms with Crippen molar-refractivity contribution >= 4 is 23.9 Å². The number of aliphatic carboxylic acids is 1. The number of carbonyl (C=O) groups is 4. The Balaban J connectivity index is 1.60. The van der Waals surface area contributed by atoms with Crippen molar-refractivity contribution in [2.45, 2.75) is 31.2 Å². The fourth-order valence-corrected chi connectivity index (χ4v) is 3.96. The van der Waals surface area contributed by atoms with E-state index in [1.54, 1.807) is 14.1 Å². The molecule has 0 fully saturated rings. The molecular formula is C25H29N3O6. The number of hydrogen-bond acceptors (Lipinski definition) is 5. The summed E-state index contributed by atoms with van der Waals surface area (Å²) in [5.41, 5.74) is 4.31. The smallest absolute Gasteiger partial charge is 0.407 e. The molecule has 3 rings (SSSR count). The molecule has 0 radical (unpaired) electrons. The van der Waals surface area contributed by atoms with Crippen LogP contribution in [-0.4, -0.2) is 67.2 Å². The first kappa shape index (κ1) is 24.8. The normalized spacial score (nSPS) is 12.8. The van der Waals surface area contributed by atoms with Crippen molar-refractivity contribution in [2.24, 2.45) is 0 Å². The van der Waals surface area contributed by atoms with Gasteiger partial charge in [0.25, 0.3) is 0 Å². The number of amides is 3. The first-order chi connectivity index (χ1) is 16.3. The molecule has 9 nitrogen and oxygen atoms in total. The van der Waals surface area contributed by atoms with E-state index in [4.69, 9.17) is 9.84 Å². The summed E-state index contributed by atoms with van der Waals surface area (Å²) in [6, 6.07) is 14.8. The van der Waals surface area contributed by atoms with Gasteiger partial charge in [0, 0.05) is 39.4 Å². The standard InChI is InChI=1S/C25H29N3O6/c1-28(2)22(29)13-14-26-24(32)21(11-12-23(30)31)27-25(33)34-15-20-18-9-5-3-7-16(18)17-8-4-6-10-19(17)20/h3-10,20-21H,11-15H2,1-2H3,(H,26,32)(H,27,33)(H,30,31). The molecule has 1 aliphatic carbocycles. The zero-order chi connectivity index (χ0) is 24.7. The summed E-state index contributed by atoms with van der Waals surface area (Å²) in [6.07, 6.45) is -1.13. The van der Waals surface area contributed by atoms with Crippen LogP contribution >= 0.6 is 0 Å². The highest BCUT2D eigenvalue weighted by Crippen LogP contribution is 2.44. The number of hydrogen-bond donors (Lipinski definition) is 3. The van der Waals surface area contributed by atoms with Crippen LogP contribution in [0.2, 0.25) is 0 Å². The van der Waals surface area contributed by atoms with Crippen molar-refractivity contribution in [3.8, 4) is 11.1 Å². The molecule has 9 heteroatoms. The van der Waals surface area contributed by atoms with Gasteiger partial charge in [0.15, 0.2) is 0 Å². The maximum Gasteiger partial charge on any atom is 0.407 e. The summed E-state index contributed by atoms with van der Waals surface area (Å²) in [5.74, 6) is -1.95. The molecule has 3 N–H and O–H groups in total. The number of carboxylic acid groups (broad SMARTS) is 1. The molecule has 0 heterocycles. The third-order valence-electron chi connectivity index (χ3n) is 5.74. The number of fused-ring (bicyclic) bond motifs is 3. The van der Waals surface area contributed by atoms with Gasteiger partial charge in [0.05, 0.1) is 0 Å². The summed E-state index contributed by atoms with van der Waals surface area (Å²) in [6.45, 7) is 0.149. The Kier molecular flexibility index (Phi) is 8.24. The average molecular weight is 468 g/mol. The van der Waals surface area contributed by atoms with Crippen LogP contribution in [0.5, 0.6) is 0 Å². The van der Waals surface area contributed by atoms with Gasteiger partial charge in [0.2, 0.25) is 11.8 Å². The molecule has 0 aliphatic heterocycles. The van der Waals surface area contributed by atoms with Crippen LogP contribution in [0, 0.1) is 0 Å². The largest absolute Gasteiger partial charge is 0.481 e. The van der Waals surface area contributed by atoms with Gasteiger partial charge in [-0.1, -0.05) is 48.5 Å². The fourth-order valence-electron chi connectivity index (χ4n) is 3.96. The van der Waals surface area contributed by atoms with Crippen LogP contribution < -0.4 is 10.6 Å². The second kappa shape index (κ2) is 11.3. The minimum Gasteiger partial charge on any atom is -0.481 e. The Labute approximate surface area is 198 Å². The number of carbonyl (C=O) groups excluding carboxylic acids is 3. The lowest BCUT2D eigenvalue weighted by Gasteiger charge is -2.19. The molecule has 2 aromatic carbocycles. The molecular weight excluding hydrogens is 438 g/mol. The summed E-state index contributed by atoms with van der Waals surface area (Å²) in [5, 5.41) is 14.0. The van der Waals surface area contributed by atoms with Gasteiger partial charge in [-0.3, -0.25) is 14.4 Å². The highest BCUT2D eigenvalue weighted by molar-refractivity contribution is 5.86. The van der Waals surface area contributed by atoms with Crippen LogP contribution in [0.15, 0.2) is 48.5 Å². The van der Waals surface area contributed by atoms with Crippen molar-refractivity contribution in [2.75, 3.05) is 27.2 Å². The third kappa shape index (κ3) is 6.12. The SMILES string of the molecule is CN(C)C(=O)CCNC(=O)C(CCC(=O)O)NC(=O)OCC1c2ccccc2-c2ccccc21. The number of rotatable bonds is 10. The van der Waals surface area contributed by atoms with Crippen LogP contribution in [0.3, 0.4) is 0 Å². The Morgan fingerprint density at radius 2 is 1.56 bits per heavy atom. The van der Waals surface area contributed by atoms with E-state index in [2.05, 4.69) is 10.6 Å². The van der Waals surface area contributed by atoms with Crippen LogP contribution in [-0.2, 0) is 19.1 Å². The lowest BCUT2D eigenvalue weighted by atomic mass is 9.98.